The van der Waals surface area contributed by atoms with Crippen LogP contribution in [0, 0.1) is 0 Å². The van der Waals surface area contributed by atoms with Crippen molar-refractivity contribution >= 4 is 17.8 Å². The number of anilines is 3. The number of nitrogen functional groups attached to an aromatic ring is 2. The van der Waals surface area contributed by atoms with Crippen LogP contribution in [0.25, 0.3) is 0 Å². The molecular weight excluding hydrogens is 200 g/mol. The fourth-order valence-electron chi connectivity index (χ4n) is 1.16. The first-order valence-corrected chi connectivity index (χ1v) is 4.33. The molecule has 84 valence electrons. The van der Waals surface area contributed by atoms with Gasteiger partial charge in [-0.2, -0.15) is 15.0 Å². The first kappa shape index (κ1) is 11.4. The Morgan fingerprint density at radius 3 is 1.73 bits per heavy atom. The lowest BCUT2D eigenvalue weighted by Crippen LogP contribution is -2.41. The second-order valence-corrected chi connectivity index (χ2v) is 3.02. The van der Waals surface area contributed by atoms with Crippen molar-refractivity contribution in [1.29, 1.82) is 0 Å². The highest BCUT2D eigenvalue weighted by Gasteiger charge is 2.20. The van der Waals surface area contributed by atoms with Gasteiger partial charge in [-0.15, -0.1) is 0 Å². The third-order valence-electron chi connectivity index (χ3n) is 1.69. The fraction of sp³-hybridized carbons (Fsp3) is 0.571. The quantitative estimate of drug-likeness (QED) is 0.447. The van der Waals surface area contributed by atoms with Gasteiger partial charge in [-0.3, -0.25) is 4.90 Å². The van der Waals surface area contributed by atoms with E-state index in [1.807, 2.05) is 0 Å². The predicted molar refractivity (Wildman–Crippen MR) is 54.5 cm³/mol. The van der Waals surface area contributed by atoms with Gasteiger partial charge in [-0.05, 0) is 13.8 Å². The normalized spacial score (nSPS) is 14.7. The second kappa shape index (κ2) is 4.24. The van der Waals surface area contributed by atoms with E-state index < -0.39 is 12.5 Å². The van der Waals surface area contributed by atoms with E-state index in [1.54, 1.807) is 0 Å². The number of aliphatic hydroxyl groups excluding tert-OH is 2. The lowest BCUT2D eigenvalue weighted by atomic mass is 10.4. The van der Waals surface area contributed by atoms with Crippen LogP contribution in [-0.2, 0) is 0 Å². The van der Waals surface area contributed by atoms with Crippen molar-refractivity contribution < 1.29 is 10.2 Å². The molecule has 0 saturated heterocycles. The molecule has 1 heterocycles. The minimum atomic E-state index is -0.966. The van der Waals surface area contributed by atoms with Crippen LogP contribution in [0.4, 0.5) is 17.8 Å². The van der Waals surface area contributed by atoms with E-state index in [4.69, 9.17) is 11.5 Å². The van der Waals surface area contributed by atoms with Gasteiger partial charge in [-0.25, -0.2) is 0 Å². The van der Waals surface area contributed by atoms with Crippen LogP contribution >= 0.6 is 0 Å². The Bertz CT molecular complexity index is 314. The maximum Gasteiger partial charge on any atom is 0.236 e. The summed E-state index contributed by atoms with van der Waals surface area (Å²) >= 11 is 0. The third-order valence-corrected chi connectivity index (χ3v) is 1.69. The number of aliphatic hydroxyl groups is 2. The molecule has 2 unspecified atom stereocenters. The first-order chi connectivity index (χ1) is 6.91. The molecule has 2 atom stereocenters. The molecule has 0 saturated carbocycles. The van der Waals surface area contributed by atoms with Gasteiger partial charge in [0.05, 0.1) is 0 Å². The van der Waals surface area contributed by atoms with Gasteiger partial charge < -0.3 is 21.7 Å². The van der Waals surface area contributed by atoms with Crippen LogP contribution in [0.2, 0.25) is 0 Å². The first-order valence-electron chi connectivity index (χ1n) is 4.33. The van der Waals surface area contributed by atoms with E-state index in [-0.39, 0.29) is 17.8 Å². The molecule has 0 aliphatic rings. The van der Waals surface area contributed by atoms with Crippen molar-refractivity contribution in [3.8, 4) is 0 Å². The van der Waals surface area contributed by atoms with Crippen LogP contribution in [0.3, 0.4) is 0 Å². The minimum absolute atomic E-state index is 0.0324. The number of aromatic nitrogens is 3. The molecule has 6 N–H and O–H groups in total. The maximum absolute atomic E-state index is 9.40. The average molecular weight is 214 g/mol. The molecule has 0 aliphatic carbocycles. The summed E-state index contributed by atoms with van der Waals surface area (Å²) in [5.74, 6) is -0.0994. The number of rotatable bonds is 3. The zero-order valence-corrected chi connectivity index (χ0v) is 8.49. The summed E-state index contributed by atoms with van der Waals surface area (Å²) in [7, 11) is 0. The van der Waals surface area contributed by atoms with Crippen LogP contribution in [0.1, 0.15) is 13.8 Å². The Kier molecular flexibility index (Phi) is 3.22. The number of hydrogen-bond acceptors (Lipinski definition) is 8. The van der Waals surface area contributed by atoms with Crippen molar-refractivity contribution in [3.63, 3.8) is 0 Å². The Hall–Kier alpha value is -1.67. The van der Waals surface area contributed by atoms with Crippen molar-refractivity contribution in [1.82, 2.24) is 15.0 Å². The van der Waals surface area contributed by atoms with Crippen LogP contribution in [-0.4, -0.2) is 37.6 Å². The Morgan fingerprint density at radius 2 is 1.40 bits per heavy atom. The molecule has 15 heavy (non-hydrogen) atoms. The van der Waals surface area contributed by atoms with Gasteiger partial charge in [0.2, 0.25) is 17.8 Å². The lowest BCUT2D eigenvalue weighted by molar-refractivity contribution is 0.103. The van der Waals surface area contributed by atoms with E-state index in [9.17, 15) is 10.2 Å². The molecule has 0 fully saturated rings. The molecule has 0 amide bonds. The van der Waals surface area contributed by atoms with Gasteiger partial charge in [0.15, 0.2) is 0 Å². The zero-order chi connectivity index (χ0) is 11.6. The molecule has 8 nitrogen and oxygen atoms in total. The second-order valence-electron chi connectivity index (χ2n) is 3.02. The number of nitrogens with two attached hydrogens (primary N) is 2. The summed E-state index contributed by atoms with van der Waals surface area (Å²) in [6.45, 7) is 2.92. The molecule has 1 aromatic heterocycles. The van der Waals surface area contributed by atoms with Crippen LogP contribution in [0.5, 0.6) is 0 Å². The minimum Gasteiger partial charge on any atom is -0.374 e. The summed E-state index contributed by atoms with van der Waals surface area (Å²) in [6.07, 6.45) is -1.93. The highest BCUT2D eigenvalue weighted by atomic mass is 16.3. The predicted octanol–water partition coefficient (Wildman–Crippen LogP) is -1.48. The fourth-order valence-corrected chi connectivity index (χ4v) is 1.16. The molecule has 1 rings (SSSR count). The van der Waals surface area contributed by atoms with E-state index >= 15 is 0 Å². The van der Waals surface area contributed by atoms with Gasteiger partial charge in [0, 0.05) is 0 Å². The monoisotopic (exact) mass is 214 g/mol. The molecule has 1 aromatic rings. The van der Waals surface area contributed by atoms with Crippen molar-refractivity contribution in [2.24, 2.45) is 0 Å². The SMILES string of the molecule is CC(O)N(c1nc(N)nc(N)n1)C(C)O. The third kappa shape index (κ3) is 2.64. The number of nitrogens with zero attached hydrogens (tertiary/aromatic N) is 4. The largest absolute Gasteiger partial charge is 0.374 e. The van der Waals surface area contributed by atoms with Crippen molar-refractivity contribution in [2.75, 3.05) is 16.4 Å². The summed E-state index contributed by atoms with van der Waals surface area (Å²) in [6, 6.07) is 0. The Balaban J connectivity index is 3.11. The molecule has 0 spiro atoms. The standard InChI is InChI=1S/C7H14N6O2/c1-3(14)13(4(2)15)7-11-5(8)10-6(9)12-7/h3-4,14-15H,1-2H3,(H4,8,9,10,11,12). The van der Waals surface area contributed by atoms with E-state index in [0.717, 1.165) is 4.90 Å². The summed E-state index contributed by atoms with van der Waals surface area (Å²) in [5.41, 5.74) is 10.7. The average Bonchev–Trinajstić information content (AvgIpc) is 1.99. The van der Waals surface area contributed by atoms with Crippen LogP contribution in [0.15, 0.2) is 0 Å². The maximum atomic E-state index is 9.40. The molecule has 8 heteroatoms. The summed E-state index contributed by atoms with van der Waals surface area (Å²) < 4.78 is 0. The Morgan fingerprint density at radius 1 is 1.00 bits per heavy atom. The van der Waals surface area contributed by atoms with Gasteiger partial charge in [0.25, 0.3) is 0 Å². The topological polar surface area (TPSA) is 134 Å². The van der Waals surface area contributed by atoms with E-state index in [1.165, 1.54) is 13.8 Å². The molecule has 0 aromatic carbocycles. The zero-order valence-electron chi connectivity index (χ0n) is 8.49. The lowest BCUT2D eigenvalue weighted by Gasteiger charge is -2.28. The molecular formula is C7H14N6O2. The highest BCUT2D eigenvalue weighted by Crippen LogP contribution is 2.14. The van der Waals surface area contributed by atoms with E-state index in [0.29, 0.717) is 0 Å². The summed E-state index contributed by atoms with van der Waals surface area (Å²) in [4.78, 5) is 12.2. The van der Waals surface area contributed by atoms with Crippen molar-refractivity contribution in [2.45, 2.75) is 26.3 Å². The molecule has 0 aliphatic heterocycles. The van der Waals surface area contributed by atoms with Crippen molar-refractivity contribution in [3.05, 3.63) is 0 Å². The Labute approximate surface area is 86.6 Å². The van der Waals surface area contributed by atoms with Gasteiger partial charge in [0.1, 0.15) is 12.5 Å². The smallest absolute Gasteiger partial charge is 0.236 e. The van der Waals surface area contributed by atoms with Gasteiger partial charge >= 0.3 is 0 Å². The highest BCUT2D eigenvalue weighted by molar-refractivity contribution is 5.40. The van der Waals surface area contributed by atoms with Crippen LogP contribution < -0.4 is 16.4 Å². The molecule has 0 radical (unpaired) electrons. The number of hydrogen-bond donors (Lipinski definition) is 4. The van der Waals surface area contributed by atoms with E-state index in [2.05, 4.69) is 15.0 Å². The summed E-state index contributed by atoms with van der Waals surface area (Å²) in [5, 5.41) is 18.8. The van der Waals surface area contributed by atoms with Gasteiger partial charge in [-0.1, -0.05) is 0 Å². The molecule has 0 bridgehead atoms.